The summed E-state index contributed by atoms with van der Waals surface area (Å²) in [7, 11) is 0. The van der Waals surface area contributed by atoms with E-state index in [4.69, 9.17) is 14.6 Å². The van der Waals surface area contributed by atoms with Crippen molar-refractivity contribution in [3.8, 4) is 0 Å². The van der Waals surface area contributed by atoms with Crippen LogP contribution >= 0.6 is 0 Å². The van der Waals surface area contributed by atoms with Crippen molar-refractivity contribution in [2.24, 2.45) is 0 Å². The molecule has 1 aliphatic heterocycles. The van der Waals surface area contributed by atoms with Gasteiger partial charge < -0.3 is 24.8 Å². The molecular formula is C14H26O5. The Morgan fingerprint density at radius 1 is 1.37 bits per heavy atom. The number of unbranched alkanes of at least 4 members (excludes halogenated alkanes) is 3. The maximum absolute atomic E-state index is 9.88. The van der Waals surface area contributed by atoms with Crippen molar-refractivity contribution in [2.45, 2.75) is 57.0 Å². The maximum Gasteiger partial charge on any atom is 0.114 e. The van der Waals surface area contributed by atoms with E-state index in [1.54, 1.807) is 0 Å². The first-order valence-corrected chi connectivity index (χ1v) is 7.05. The third kappa shape index (κ3) is 5.58. The molecular weight excluding hydrogens is 248 g/mol. The zero-order valence-electron chi connectivity index (χ0n) is 11.6. The molecule has 0 aromatic heterocycles. The van der Waals surface area contributed by atoms with Gasteiger partial charge in [0.05, 0.1) is 19.8 Å². The molecule has 0 radical (unpaired) electrons. The molecule has 0 spiro atoms. The molecule has 0 aliphatic carbocycles. The molecule has 1 saturated heterocycles. The van der Waals surface area contributed by atoms with Crippen LogP contribution in [-0.2, 0) is 9.47 Å². The largest absolute Gasteiger partial charge is 0.394 e. The normalized spacial score (nSPS) is 29.2. The van der Waals surface area contributed by atoms with Crippen LogP contribution in [0.1, 0.15) is 32.6 Å². The van der Waals surface area contributed by atoms with Crippen LogP contribution in [0.15, 0.2) is 12.2 Å². The van der Waals surface area contributed by atoms with Crippen LogP contribution in [0.2, 0.25) is 0 Å². The Bertz CT molecular complexity index is 256. The molecule has 4 atom stereocenters. The molecule has 0 saturated carbocycles. The highest BCUT2D eigenvalue weighted by molar-refractivity contribution is 4.90. The van der Waals surface area contributed by atoms with Crippen molar-refractivity contribution >= 4 is 0 Å². The van der Waals surface area contributed by atoms with Crippen LogP contribution in [0.3, 0.4) is 0 Å². The van der Waals surface area contributed by atoms with E-state index in [2.05, 4.69) is 13.0 Å². The number of allylic oxidation sites excluding steroid dienone is 1. The predicted octanol–water partition coefficient (Wildman–Crippen LogP) is 0.621. The fourth-order valence-electron chi connectivity index (χ4n) is 2.08. The third-order valence-corrected chi connectivity index (χ3v) is 3.28. The molecule has 1 rings (SSSR count). The number of hydrogen-bond donors (Lipinski definition) is 3. The molecule has 5 heteroatoms. The second kappa shape index (κ2) is 9.44. The summed E-state index contributed by atoms with van der Waals surface area (Å²) in [5.41, 5.74) is 0. The quantitative estimate of drug-likeness (QED) is 0.424. The Morgan fingerprint density at radius 3 is 2.84 bits per heavy atom. The summed E-state index contributed by atoms with van der Waals surface area (Å²) >= 11 is 0. The van der Waals surface area contributed by atoms with Crippen LogP contribution in [0.5, 0.6) is 0 Å². The zero-order chi connectivity index (χ0) is 14.1. The molecule has 1 fully saturated rings. The highest BCUT2D eigenvalue weighted by Gasteiger charge is 2.40. The summed E-state index contributed by atoms with van der Waals surface area (Å²) in [5.74, 6) is 0. The van der Waals surface area contributed by atoms with Crippen LogP contribution in [-0.4, -0.2) is 59.6 Å². The zero-order valence-corrected chi connectivity index (χ0v) is 11.6. The molecule has 112 valence electrons. The Balaban J connectivity index is 2.17. The molecule has 0 aromatic rings. The molecule has 19 heavy (non-hydrogen) atoms. The number of rotatable bonds is 9. The van der Waals surface area contributed by atoms with Crippen molar-refractivity contribution in [3.05, 3.63) is 12.2 Å². The van der Waals surface area contributed by atoms with E-state index in [-0.39, 0.29) is 6.61 Å². The average molecular weight is 274 g/mol. The Hall–Kier alpha value is -0.460. The number of aliphatic hydroxyl groups excluding tert-OH is 3. The van der Waals surface area contributed by atoms with Crippen LogP contribution in [0, 0.1) is 0 Å². The molecule has 1 heterocycles. The summed E-state index contributed by atoms with van der Waals surface area (Å²) in [6.45, 7) is 2.42. The van der Waals surface area contributed by atoms with Gasteiger partial charge in [-0.05, 0) is 12.8 Å². The van der Waals surface area contributed by atoms with E-state index in [1.165, 1.54) is 19.3 Å². The van der Waals surface area contributed by atoms with Gasteiger partial charge in [0.1, 0.15) is 24.4 Å². The van der Waals surface area contributed by atoms with Crippen molar-refractivity contribution in [2.75, 3.05) is 19.8 Å². The predicted molar refractivity (Wildman–Crippen MR) is 71.9 cm³/mol. The molecule has 5 nitrogen and oxygen atoms in total. The van der Waals surface area contributed by atoms with Crippen LogP contribution < -0.4 is 0 Å². The van der Waals surface area contributed by atoms with Gasteiger partial charge in [0.25, 0.3) is 0 Å². The monoisotopic (exact) mass is 274 g/mol. The molecule has 3 N–H and O–H groups in total. The van der Waals surface area contributed by atoms with Gasteiger partial charge in [-0.15, -0.1) is 0 Å². The summed E-state index contributed by atoms with van der Waals surface area (Å²) < 4.78 is 10.7. The lowest BCUT2D eigenvalue weighted by molar-refractivity contribution is -0.0716. The maximum atomic E-state index is 9.88. The lowest BCUT2D eigenvalue weighted by atomic mass is 10.1. The van der Waals surface area contributed by atoms with Crippen molar-refractivity contribution < 1.29 is 24.8 Å². The van der Waals surface area contributed by atoms with Gasteiger partial charge in [-0.3, -0.25) is 0 Å². The highest BCUT2D eigenvalue weighted by atomic mass is 16.6. The van der Waals surface area contributed by atoms with Crippen molar-refractivity contribution in [1.29, 1.82) is 0 Å². The minimum atomic E-state index is -1.06. The van der Waals surface area contributed by atoms with E-state index in [0.717, 1.165) is 6.42 Å². The summed E-state index contributed by atoms with van der Waals surface area (Å²) in [6.07, 6.45) is 5.56. The fourth-order valence-corrected chi connectivity index (χ4v) is 2.08. The van der Waals surface area contributed by atoms with Gasteiger partial charge >= 0.3 is 0 Å². The lowest BCUT2D eigenvalue weighted by Crippen LogP contribution is -2.41. The van der Waals surface area contributed by atoms with E-state index in [9.17, 15) is 10.2 Å². The first-order valence-electron chi connectivity index (χ1n) is 7.05. The van der Waals surface area contributed by atoms with Gasteiger partial charge in [-0.25, -0.2) is 0 Å². The van der Waals surface area contributed by atoms with Gasteiger partial charge in [0.2, 0.25) is 0 Å². The van der Waals surface area contributed by atoms with Gasteiger partial charge in [0.15, 0.2) is 0 Å². The van der Waals surface area contributed by atoms with E-state index in [0.29, 0.717) is 6.61 Å². The van der Waals surface area contributed by atoms with Gasteiger partial charge in [0, 0.05) is 0 Å². The van der Waals surface area contributed by atoms with Crippen LogP contribution in [0.4, 0.5) is 0 Å². The Morgan fingerprint density at radius 2 is 2.16 bits per heavy atom. The second-order valence-corrected chi connectivity index (χ2v) is 4.88. The Labute approximate surface area is 114 Å². The molecule has 0 amide bonds. The first-order chi connectivity index (χ1) is 9.20. The van der Waals surface area contributed by atoms with Crippen molar-refractivity contribution in [3.63, 3.8) is 0 Å². The van der Waals surface area contributed by atoms with E-state index in [1.807, 2.05) is 6.08 Å². The fraction of sp³-hybridized carbons (Fsp3) is 0.857. The Kier molecular flexibility index (Phi) is 8.25. The van der Waals surface area contributed by atoms with E-state index >= 15 is 0 Å². The lowest BCUT2D eigenvalue weighted by Gasteiger charge is -2.20. The highest BCUT2D eigenvalue weighted by Crippen LogP contribution is 2.20. The van der Waals surface area contributed by atoms with Gasteiger partial charge in [-0.2, -0.15) is 0 Å². The van der Waals surface area contributed by atoms with Crippen molar-refractivity contribution in [1.82, 2.24) is 0 Å². The smallest absolute Gasteiger partial charge is 0.114 e. The number of aliphatic hydroxyl groups is 3. The molecule has 0 unspecified atom stereocenters. The molecule has 0 aromatic carbocycles. The van der Waals surface area contributed by atoms with E-state index < -0.39 is 31.0 Å². The summed E-state index contributed by atoms with van der Waals surface area (Å²) in [4.78, 5) is 0. The average Bonchev–Trinajstić information content (AvgIpc) is 2.78. The molecule has 1 aliphatic rings. The third-order valence-electron chi connectivity index (χ3n) is 3.28. The second-order valence-electron chi connectivity index (χ2n) is 4.88. The minimum Gasteiger partial charge on any atom is -0.394 e. The number of hydrogen-bond acceptors (Lipinski definition) is 5. The summed E-state index contributed by atoms with van der Waals surface area (Å²) in [5, 5.41) is 28.1. The van der Waals surface area contributed by atoms with Crippen LogP contribution in [0.25, 0.3) is 0 Å². The standard InChI is InChI=1S/C14H26O5/c1-2-3-4-5-6-7-8-18-12-10-19-14(13(12)17)11(16)9-15/h6-7,11-17H,2-5,8-10H2,1H3/b7-6+/t11-,12+,13-,14-/m0/s1. The SMILES string of the molecule is CCCCC/C=C/CO[C@@H]1CO[C@@H]([C@@H](O)CO)[C@H]1O. The first kappa shape index (κ1) is 16.6. The molecule has 0 bridgehead atoms. The minimum absolute atomic E-state index is 0.243. The van der Waals surface area contributed by atoms with Gasteiger partial charge in [-0.1, -0.05) is 31.9 Å². The summed E-state index contributed by atoms with van der Waals surface area (Å²) in [6, 6.07) is 0. The number of ether oxygens (including phenoxy) is 2. The topological polar surface area (TPSA) is 79.2 Å².